The molecule has 0 aliphatic carbocycles. The summed E-state index contributed by atoms with van der Waals surface area (Å²) in [7, 11) is 0. The number of rotatable bonds is 3. The number of morpholine rings is 1. The second-order valence-corrected chi connectivity index (χ2v) is 4.61. The van der Waals surface area contributed by atoms with Crippen molar-refractivity contribution in [2.75, 3.05) is 31.6 Å². The highest BCUT2D eigenvalue weighted by Gasteiger charge is 2.22. The van der Waals surface area contributed by atoms with E-state index in [1.165, 1.54) is 18.2 Å². The third-order valence-electron chi connectivity index (χ3n) is 3.16. The Morgan fingerprint density at radius 1 is 1.50 bits per heavy atom. The number of hydrogen-bond donors (Lipinski definition) is 1. The molecule has 1 amide bonds. The predicted molar refractivity (Wildman–Crippen MR) is 71.6 cm³/mol. The minimum atomic E-state index is -0.565. The van der Waals surface area contributed by atoms with Gasteiger partial charge in [0.2, 0.25) is 5.91 Å². The van der Waals surface area contributed by atoms with E-state index in [4.69, 9.17) is 10.00 Å². The Kier molecular flexibility index (Phi) is 4.53. The lowest BCUT2D eigenvalue weighted by molar-refractivity contribution is -0.135. The van der Waals surface area contributed by atoms with Gasteiger partial charge in [-0.15, -0.1) is 0 Å². The molecule has 1 N–H and O–H groups in total. The summed E-state index contributed by atoms with van der Waals surface area (Å²) in [5.41, 5.74) is 0.512. The number of anilines is 1. The molecule has 2 rings (SSSR count). The minimum absolute atomic E-state index is 0.0314. The summed E-state index contributed by atoms with van der Waals surface area (Å²) in [5.74, 6) is -0.596. The molecule has 1 heterocycles. The molecular weight excluding hydrogens is 261 g/mol. The molecule has 0 saturated carbocycles. The van der Waals surface area contributed by atoms with Crippen molar-refractivity contribution < 1.29 is 13.9 Å². The number of benzene rings is 1. The molecule has 1 aliphatic heterocycles. The lowest BCUT2D eigenvalue weighted by Crippen LogP contribution is -2.47. The fourth-order valence-corrected chi connectivity index (χ4v) is 2.07. The molecule has 0 radical (unpaired) electrons. The van der Waals surface area contributed by atoms with Crippen LogP contribution in [-0.4, -0.2) is 43.2 Å². The van der Waals surface area contributed by atoms with Crippen LogP contribution < -0.4 is 5.32 Å². The Labute approximate surface area is 116 Å². The first-order valence-electron chi connectivity index (χ1n) is 6.44. The number of carbonyl (C=O) groups excluding carboxylic acids is 1. The predicted octanol–water partition coefficient (Wildman–Crippen LogP) is 1.36. The van der Waals surface area contributed by atoms with Crippen LogP contribution in [0.1, 0.15) is 12.5 Å². The highest BCUT2D eigenvalue weighted by atomic mass is 19.1. The number of ether oxygens (including phenoxy) is 1. The first kappa shape index (κ1) is 14.3. The maximum Gasteiger partial charge on any atom is 0.244 e. The number of amides is 1. The van der Waals surface area contributed by atoms with Crippen LogP contribution in [-0.2, 0) is 9.53 Å². The van der Waals surface area contributed by atoms with Gasteiger partial charge in [0.15, 0.2) is 0 Å². The molecule has 0 spiro atoms. The molecule has 0 bridgehead atoms. The summed E-state index contributed by atoms with van der Waals surface area (Å²) in [5, 5.41) is 11.8. The van der Waals surface area contributed by atoms with Crippen molar-refractivity contribution in [2.45, 2.75) is 13.0 Å². The number of hydrogen-bond acceptors (Lipinski definition) is 4. The molecular formula is C14H16FN3O2. The van der Waals surface area contributed by atoms with Crippen LogP contribution in [0.2, 0.25) is 0 Å². The van der Waals surface area contributed by atoms with E-state index >= 15 is 0 Å². The van der Waals surface area contributed by atoms with Gasteiger partial charge in [0, 0.05) is 18.8 Å². The maximum absolute atomic E-state index is 13.2. The summed E-state index contributed by atoms with van der Waals surface area (Å²) >= 11 is 0. The van der Waals surface area contributed by atoms with Crippen molar-refractivity contribution in [3.63, 3.8) is 0 Å². The molecule has 5 nitrogen and oxygen atoms in total. The fourth-order valence-electron chi connectivity index (χ4n) is 2.07. The average molecular weight is 277 g/mol. The van der Waals surface area contributed by atoms with Crippen molar-refractivity contribution in [2.24, 2.45) is 0 Å². The van der Waals surface area contributed by atoms with Crippen LogP contribution in [0.25, 0.3) is 0 Å². The second kappa shape index (κ2) is 6.35. The van der Waals surface area contributed by atoms with Gasteiger partial charge >= 0.3 is 0 Å². The fraction of sp³-hybridized carbons (Fsp3) is 0.429. The summed E-state index contributed by atoms with van der Waals surface area (Å²) in [6, 6.07) is 5.46. The van der Waals surface area contributed by atoms with Gasteiger partial charge in [0.1, 0.15) is 17.9 Å². The van der Waals surface area contributed by atoms with E-state index in [2.05, 4.69) is 5.32 Å². The third-order valence-corrected chi connectivity index (χ3v) is 3.16. The number of nitrogens with zero attached hydrogens (tertiary/aromatic N) is 2. The monoisotopic (exact) mass is 277 g/mol. The van der Waals surface area contributed by atoms with Crippen LogP contribution in [0.15, 0.2) is 18.2 Å². The zero-order valence-corrected chi connectivity index (χ0v) is 11.2. The zero-order chi connectivity index (χ0) is 14.5. The topological polar surface area (TPSA) is 65.4 Å². The van der Waals surface area contributed by atoms with E-state index < -0.39 is 11.9 Å². The van der Waals surface area contributed by atoms with E-state index in [0.29, 0.717) is 32.0 Å². The molecule has 1 atom stereocenters. The molecule has 20 heavy (non-hydrogen) atoms. The number of carbonyl (C=O) groups is 1. The molecule has 0 aromatic heterocycles. The van der Waals surface area contributed by atoms with E-state index in [-0.39, 0.29) is 11.5 Å². The van der Waals surface area contributed by atoms with Gasteiger partial charge in [0.25, 0.3) is 0 Å². The van der Waals surface area contributed by atoms with Gasteiger partial charge in [-0.3, -0.25) is 4.79 Å². The van der Waals surface area contributed by atoms with E-state index in [1.807, 2.05) is 0 Å². The molecule has 1 fully saturated rings. The maximum atomic E-state index is 13.2. The number of halogens is 1. The summed E-state index contributed by atoms with van der Waals surface area (Å²) in [6.45, 7) is 4.00. The van der Waals surface area contributed by atoms with Gasteiger partial charge < -0.3 is 15.0 Å². The third kappa shape index (κ3) is 3.25. The van der Waals surface area contributed by atoms with Gasteiger partial charge in [-0.25, -0.2) is 4.39 Å². The number of nitriles is 1. The van der Waals surface area contributed by atoms with Gasteiger partial charge in [0.05, 0.1) is 18.8 Å². The minimum Gasteiger partial charge on any atom is -0.378 e. The smallest absolute Gasteiger partial charge is 0.244 e. The first-order valence-corrected chi connectivity index (χ1v) is 6.44. The molecule has 1 unspecified atom stereocenters. The van der Waals surface area contributed by atoms with E-state index in [9.17, 15) is 9.18 Å². The summed E-state index contributed by atoms with van der Waals surface area (Å²) in [4.78, 5) is 13.9. The molecule has 1 saturated heterocycles. The standard InChI is InChI=1S/C14H16FN3O2/c1-10(14(19)18-4-6-20-7-5-18)17-12-2-3-13(15)11(8-12)9-16/h2-3,8,10,17H,4-7H2,1H3. The molecule has 1 aromatic rings. The van der Waals surface area contributed by atoms with Gasteiger partial charge in [-0.05, 0) is 25.1 Å². The number of nitrogens with one attached hydrogen (secondary N) is 1. The van der Waals surface area contributed by atoms with Crippen LogP contribution in [0.4, 0.5) is 10.1 Å². The lowest BCUT2D eigenvalue weighted by atomic mass is 10.2. The SMILES string of the molecule is CC(Nc1ccc(F)c(C#N)c1)C(=O)N1CCOCC1. The Bertz CT molecular complexity index is 536. The van der Waals surface area contributed by atoms with Crippen LogP contribution in [0.5, 0.6) is 0 Å². The van der Waals surface area contributed by atoms with Crippen molar-refractivity contribution in [3.05, 3.63) is 29.6 Å². The first-order chi connectivity index (χ1) is 9.61. The van der Waals surface area contributed by atoms with Crippen LogP contribution in [0.3, 0.4) is 0 Å². The highest BCUT2D eigenvalue weighted by molar-refractivity contribution is 5.84. The van der Waals surface area contributed by atoms with Crippen LogP contribution >= 0.6 is 0 Å². The Hall–Kier alpha value is -2.13. The molecule has 1 aromatic carbocycles. The quantitative estimate of drug-likeness (QED) is 0.906. The van der Waals surface area contributed by atoms with Gasteiger partial charge in [-0.1, -0.05) is 0 Å². The van der Waals surface area contributed by atoms with Gasteiger partial charge in [-0.2, -0.15) is 5.26 Å². The van der Waals surface area contributed by atoms with Crippen LogP contribution in [0, 0.1) is 17.1 Å². The van der Waals surface area contributed by atoms with E-state index in [1.54, 1.807) is 17.9 Å². The Morgan fingerprint density at radius 3 is 2.85 bits per heavy atom. The van der Waals surface area contributed by atoms with Crippen molar-refractivity contribution >= 4 is 11.6 Å². The lowest BCUT2D eigenvalue weighted by Gasteiger charge is -2.29. The van der Waals surface area contributed by atoms with Crippen molar-refractivity contribution in [1.82, 2.24) is 4.90 Å². The van der Waals surface area contributed by atoms with E-state index in [0.717, 1.165) is 0 Å². The average Bonchev–Trinajstić information content (AvgIpc) is 2.49. The Morgan fingerprint density at radius 2 is 2.20 bits per heavy atom. The zero-order valence-electron chi connectivity index (χ0n) is 11.2. The molecule has 1 aliphatic rings. The summed E-state index contributed by atoms with van der Waals surface area (Å²) in [6.07, 6.45) is 0. The largest absolute Gasteiger partial charge is 0.378 e. The molecule has 106 valence electrons. The van der Waals surface area contributed by atoms with Crippen molar-refractivity contribution in [3.8, 4) is 6.07 Å². The summed E-state index contributed by atoms with van der Waals surface area (Å²) < 4.78 is 18.4. The molecule has 6 heteroatoms. The normalized spacial score (nSPS) is 16.4. The Balaban J connectivity index is 2.02. The van der Waals surface area contributed by atoms with Crippen molar-refractivity contribution in [1.29, 1.82) is 5.26 Å². The highest BCUT2D eigenvalue weighted by Crippen LogP contribution is 2.15. The second-order valence-electron chi connectivity index (χ2n) is 4.61.